The van der Waals surface area contributed by atoms with Crippen LogP contribution >= 0.6 is 0 Å². The van der Waals surface area contributed by atoms with Gasteiger partial charge in [-0.05, 0) is 42.8 Å². The van der Waals surface area contributed by atoms with Crippen LogP contribution in [0.25, 0.3) is 17.1 Å². The number of amides is 1. The zero-order valence-electron chi connectivity index (χ0n) is 13.8. The molecule has 1 aromatic heterocycles. The van der Waals surface area contributed by atoms with Crippen LogP contribution in [0.2, 0.25) is 0 Å². The topological polar surface area (TPSA) is 57.8 Å². The van der Waals surface area contributed by atoms with Crippen molar-refractivity contribution in [2.45, 2.75) is 19.1 Å². The van der Waals surface area contributed by atoms with Gasteiger partial charge in [0.15, 0.2) is 0 Å². The summed E-state index contributed by atoms with van der Waals surface area (Å²) in [6.07, 6.45) is -1.87. The molecule has 0 aliphatic rings. The number of hydrogen-bond acceptors (Lipinski definition) is 2. The van der Waals surface area contributed by atoms with Crippen molar-refractivity contribution in [3.63, 3.8) is 0 Å². The molecular formula is C19H16F3N3O. The molecule has 0 spiro atoms. The van der Waals surface area contributed by atoms with Gasteiger partial charge in [0, 0.05) is 6.08 Å². The van der Waals surface area contributed by atoms with E-state index >= 15 is 0 Å². The van der Waals surface area contributed by atoms with Gasteiger partial charge in [-0.3, -0.25) is 4.79 Å². The van der Waals surface area contributed by atoms with Gasteiger partial charge < -0.3 is 10.3 Å². The number of carbonyl (C=O) groups is 1. The van der Waals surface area contributed by atoms with Crippen molar-refractivity contribution in [3.05, 3.63) is 71.6 Å². The highest BCUT2D eigenvalue weighted by Gasteiger charge is 2.30. The van der Waals surface area contributed by atoms with Crippen molar-refractivity contribution in [3.8, 4) is 0 Å². The van der Waals surface area contributed by atoms with Gasteiger partial charge in [0.2, 0.25) is 5.91 Å². The summed E-state index contributed by atoms with van der Waals surface area (Å²) in [6, 6.07) is 11.9. The van der Waals surface area contributed by atoms with Crippen molar-refractivity contribution in [1.29, 1.82) is 0 Å². The van der Waals surface area contributed by atoms with E-state index in [1.807, 2.05) is 24.3 Å². The summed E-state index contributed by atoms with van der Waals surface area (Å²) in [5, 5.41) is 2.73. The number of hydrogen-bond donors (Lipinski definition) is 2. The summed E-state index contributed by atoms with van der Waals surface area (Å²) in [5.41, 5.74) is 1.20. The first-order valence-corrected chi connectivity index (χ1v) is 7.93. The minimum atomic E-state index is -4.41. The van der Waals surface area contributed by atoms with Crippen LogP contribution in [-0.4, -0.2) is 15.9 Å². The van der Waals surface area contributed by atoms with Crippen LogP contribution in [0.15, 0.2) is 54.6 Å². The third-order valence-corrected chi connectivity index (χ3v) is 3.82. The quantitative estimate of drug-likeness (QED) is 0.675. The standard InChI is InChI=1S/C19H16F3N3O/c1-12(18-24-15-7-2-3-8-16(15)25-18)23-17(26)10-9-13-5-4-6-14(11-13)19(20,21)22/h2-12H,1H3,(H,23,26)(H,24,25)/b10-9+. The molecule has 2 aromatic carbocycles. The lowest BCUT2D eigenvalue weighted by Crippen LogP contribution is -2.25. The van der Waals surface area contributed by atoms with Crippen LogP contribution in [0, 0.1) is 0 Å². The monoisotopic (exact) mass is 359 g/mol. The van der Waals surface area contributed by atoms with Gasteiger partial charge >= 0.3 is 6.18 Å². The molecule has 26 heavy (non-hydrogen) atoms. The fraction of sp³-hybridized carbons (Fsp3) is 0.158. The molecule has 0 aliphatic carbocycles. The van der Waals surface area contributed by atoms with E-state index in [0.29, 0.717) is 11.4 Å². The first-order valence-electron chi connectivity index (χ1n) is 7.93. The second-order valence-electron chi connectivity index (χ2n) is 5.83. The number of halogens is 3. The molecule has 0 saturated carbocycles. The predicted molar refractivity (Wildman–Crippen MR) is 93.1 cm³/mol. The van der Waals surface area contributed by atoms with Crippen molar-refractivity contribution >= 4 is 23.0 Å². The van der Waals surface area contributed by atoms with Crippen LogP contribution in [0.5, 0.6) is 0 Å². The molecule has 0 saturated heterocycles. The largest absolute Gasteiger partial charge is 0.416 e. The van der Waals surface area contributed by atoms with Gasteiger partial charge in [0.1, 0.15) is 5.82 Å². The molecule has 0 radical (unpaired) electrons. The number of imidazole rings is 1. The van der Waals surface area contributed by atoms with Crippen LogP contribution in [-0.2, 0) is 11.0 Å². The molecule has 1 amide bonds. The lowest BCUT2D eigenvalue weighted by molar-refractivity contribution is -0.137. The molecule has 1 heterocycles. The molecule has 7 heteroatoms. The van der Waals surface area contributed by atoms with Gasteiger partial charge in [-0.1, -0.05) is 24.3 Å². The smallest absolute Gasteiger partial charge is 0.343 e. The molecule has 2 N–H and O–H groups in total. The van der Waals surface area contributed by atoms with E-state index in [1.54, 1.807) is 6.92 Å². The third kappa shape index (κ3) is 4.11. The van der Waals surface area contributed by atoms with Crippen LogP contribution in [0.3, 0.4) is 0 Å². The zero-order chi connectivity index (χ0) is 18.7. The lowest BCUT2D eigenvalue weighted by Gasteiger charge is -2.09. The van der Waals surface area contributed by atoms with Crippen LogP contribution in [0.4, 0.5) is 13.2 Å². The number of rotatable bonds is 4. The molecular weight excluding hydrogens is 343 g/mol. The van der Waals surface area contributed by atoms with Gasteiger partial charge in [0.05, 0.1) is 22.6 Å². The van der Waals surface area contributed by atoms with E-state index in [4.69, 9.17) is 0 Å². The summed E-state index contributed by atoms with van der Waals surface area (Å²) < 4.78 is 38.1. The predicted octanol–water partition coefficient (Wildman–Crippen LogP) is 4.47. The van der Waals surface area contributed by atoms with E-state index in [2.05, 4.69) is 15.3 Å². The second-order valence-corrected chi connectivity index (χ2v) is 5.83. The average Bonchev–Trinajstić information content (AvgIpc) is 3.04. The molecule has 1 unspecified atom stereocenters. The first-order chi connectivity index (χ1) is 12.3. The highest BCUT2D eigenvalue weighted by molar-refractivity contribution is 5.92. The Morgan fingerprint density at radius 1 is 1.19 bits per heavy atom. The fourth-order valence-electron chi connectivity index (χ4n) is 2.50. The van der Waals surface area contributed by atoms with Gasteiger partial charge in [-0.2, -0.15) is 13.2 Å². The van der Waals surface area contributed by atoms with Crippen LogP contribution < -0.4 is 5.32 Å². The molecule has 4 nitrogen and oxygen atoms in total. The molecule has 1 atom stereocenters. The Labute approximate surface area is 147 Å². The molecule has 0 fully saturated rings. The zero-order valence-corrected chi connectivity index (χ0v) is 13.8. The molecule has 0 bridgehead atoms. The van der Waals surface area contributed by atoms with Crippen molar-refractivity contribution in [2.24, 2.45) is 0 Å². The Balaban J connectivity index is 1.67. The van der Waals surface area contributed by atoms with Gasteiger partial charge in [-0.15, -0.1) is 0 Å². The summed E-state index contributed by atoms with van der Waals surface area (Å²) in [6.45, 7) is 1.77. The number of aromatic nitrogens is 2. The Morgan fingerprint density at radius 3 is 2.69 bits per heavy atom. The van der Waals surface area contributed by atoms with Crippen molar-refractivity contribution in [1.82, 2.24) is 15.3 Å². The van der Waals surface area contributed by atoms with Crippen molar-refractivity contribution in [2.75, 3.05) is 0 Å². The third-order valence-electron chi connectivity index (χ3n) is 3.82. The molecule has 3 rings (SSSR count). The van der Waals surface area contributed by atoms with E-state index in [9.17, 15) is 18.0 Å². The van der Waals surface area contributed by atoms with E-state index in [1.165, 1.54) is 24.3 Å². The SMILES string of the molecule is CC(NC(=O)/C=C/c1cccc(C(F)(F)F)c1)c1nc2ccccc2[nH]1. The highest BCUT2D eigenvalue weighted by atomic mass is 19.4. The number of benzene rings is 2. The average molecular weight is 359 g/mol. The second kappa shape index (κ2) is 7.03. The maximum atomic E-state index is 12.7. The normalized spacial score (nSPS) is 13.2. The van der Waals surface area contributed by atoms with Gasteiger partial charge in [0.25, 0.3) is 0 Å². The Morgan fingerprint density at radius 2 is 1.96 bits per heavy atom. The molecule has 3 aromatic rings. The fourth-order valence-corrected chi connectivity index (χ4v) is 2.50. The van der Waals surface area contributed by atoms with Crippen LogP contribution in [0.1, 0.15) is 29.9 Å². The highest BCUT2D eigenvalue weighted by Crippen LogP contribution is 2.29. The van der Waals surface area contributed by atoms with E-state index < -0.39 is 17.6 Å². The minimum Gasteiger partial charge on any atom is -0.343 e. The number of para-hydroxylation sites is 2. The van der Waals surface area contributed by atoms with E-state index in [-0.39, 0.29) is 6.04 Å². The number of H-pyrrole nitrogens is 1. The summed E-state index contributed by atoms with van der Waals surface area (Å²) in [7, 11) is 0. The first kappa shape index (κ1) is 17.7. The number of aromatic amines is 1. The number of fused-ring (bicyclic) bond motifs is 1. The summed E-state index contributed by atoms with van der Waals surface area (Å²) in [4.78, 5) is 19.6. The summed E-state index contributed by atoms with van der Waals surface area (Å²) in [5.74, 6) is 0.183. The number of nitrogens with zero attached hydrogens (tertiary/aromatic N) is 1. The van der Waals surface area contributed by atoms with Gasteiger partial charge in [-0.25, -0.2) is 4.98 Å². The lowest BCUT2D eigenvalue weighted by atomic mass is 10.1. The maximum absolute atomic E-state index is 12.7. The number of carbonyl (C=O) groups excluding carboxylic acids is 1. The van der Waals surface area contributed by atoms with E-state index in [0.717, 1.165) is 23.2 Å². The number of nitrogens with one attached hydrogen (secondary N) is 2. The Hall–Kier alpha value is -3.09. The molecule has 0 aliphatic heterocycles. The summed E-state index contributed by atoms with van der Waals surface area (Å²) >= 11 is 0. The maximum Gasteiger partial charge on any atom is 0.416 e. The Kier molecular flexibility index (Phi) is 4.79. The minimum absolute atomic E-state index is 0.298. The molecule has 134 valence electrons. The van der Waals surface area contributed by atoms with Crippen molar-refractivity contribution < 1.29 is 18.0 Å². The number of alkyl halides is 3. The Bertz CT molecular complexity index is 927.